The van der Waals surface area contributed by atoms with E-state index >= 15 is 4.39 Å². The third-order valence-corrected chi connectivity index (χ3v) is 9.33. The van der Waals surface area contributed by atoms with Gasteiger partial charge in [0.05, 0.1) is 21.5 Å². The number of hydrogen-bond donors (Lipinski definition) is 2. The number of hydrogen-bond acceptors (Lipinski definition) is 8. The molecule has 43 heavy (non-hydrogen) atoms. The number of alkyl halides is 3. The molecule has 0 radical (unpaired) electrons. The summed E-state index contributed by atoms with van der Waals surface area (Å²) in [6, 6.07) is 2.80. The number of phenolic OH excluding ortho intramolecular Hbond substituents is 1. The molecule has 1 aromatic carbocycles. The summed E-state index contributed by atoms with van der Waals surface area (Å²) >= 11 is 6.23. The number of rotatable bonds is 5. The van der Waals surface area contributed by atoms with Crippen molar-refractivity contribution in [3.63, 3.8) is 0 Å². The average molecular weight is 617 g/mol. The number of aromatic nitrogens is 3. The largest absolute Gasteiger partial charge is 0.508 e. The van der Waals surface area contributed by atoms with E-state index in [1.54, 1.807) is 5.92 Å². The van der Waals surface area contributed by atoms with Crippen molar-refractivity contribution in [1.29, 1.82) is 0 Å². The van der Waals surface area contributed by atoms with Crippen molar-refractivity contribution in [2.45, 2.75) is 62.3 Å². The number of nitrogens with zero attached hydrogens (tertiary/aromatic N) is 5. The summed E-state index contributed by atoms with van der Waals surface area (Å²) in [6.07, 6.45) is 1.68. The van der Waals surface area contributed by atoms with Crippen LogP contribution in [0.5, 0.6) is 11.8 Å². The van der Waals surface area contributed by atoms with Crippen molar-refractivity contribution in [2.24, 2.45) is 0 Å². The maximum atomic E-state index is 16.5. The Morgan fingerprint density at radius 3 is 2.74 bits per heavy atom. The molecule has 4 atom stereocenters. The Morgan fingerprint density at radius 1 is 1.19 bits per heavy atom. The summed E-state index contributed by atoms with van der Waals surface area (Å²) in [6.45, 7) is 2.64. The Kier molecular flexibility index (Phi) is 7.22. The minimum absolute atomic E-state index is 0.0420. The van der Waals surface area contributed by atoms with E-state index in [1.807, 2.05) is 0 Å². The van der Waals surface area contributed by atoms with Crippen LogP contribution < -0.4 is 15.0 Å². The minimum atomic E-state index is -2.95. The molecule has 4 saturated heterocycles. The van der Waals surface area contributed by atoms with E-state index in [0.29, 0.717) is 37.3 Å². The first kappa shape index (κ1) is 28.4. The molecule has 2 unspecified atom stereocenters. The van der Waals surface area contributed by atoms with E-state index < -0.39 is 24.0 Å². The van der Waals surface area contributed by atoms with Gasteiger partial charge < -0.3 is 20.1 Å². The van der Waals surface area contributed by atoms with Gasteiger partial charge in [0, 0.05) is 49.9 Å². The minimum Gasteiger partial charge on any atom is -0.508 e. The number of benzene rings is 1. The van der Waals surface area contributed by atoms with Gasteiger partial charge in [0.25, 0.3) is 6.43 Å². The molecule has 7 rings (SSSR count). The SMILES string of the molecule is Oc1cc(Cl)c(C#CC(F)F)c(-c2ncc3c(N4CC5CCC(C4)N5)nc(OC[C@@]45CCCN4C[C@H](F)C5)nc3c2F)c1. The topological polar surface area (TPSA) is 86.6 Å². The van der Waals surface area contributed by atoms with Gasteiger partial charge in [-0.25, -0.2) is 8.78 Å². The number of anilines is 1. The Morgan fingerprint density at radius 2 is 1.98 bits per heavy atom. The van der Waals surface area contributed by atoms with Crippen LogP contribution in [0.25, 0.3) is 22.2 Å². The zero-order valence-corrected chi connectivity index (χ0v) is 23.8. The second-order valence-electron chi connectivity index (χ2n) is 11.8. The number of fused-ring (bicyclic) bond motifs is 4. The molecule has 3 aromatic rings. The molecule has 0 spiro atoms. The van der Waals surface area contributed by atoms with Gasteiger partial charge in [0.15, 0.2) is 5.82 Å². The van der Waals surface area contributed by atoms with Crippen LogP contribution in [0.2, 0.25) is 5.02 Å². The van der Waals surface area contributed by atoms with Crippen molar-refractivity contribution in [3.05, 3.63) is 34.7 Å². The lowest BCUT2D eigenvalue weighted by molar-refractivity contribution is 0.107. The molecule has 0 aliphatic carbocycles. The molecular formula is C30H29ClF4N6O2. The fourth-order valence-corrected chi connectivity index (χ4v) is 7.43. The third-order valence-electron chi connectivity index (χ3n) is 9.03. The van der Waals surface area contributed by atoms with Gasteiger partial charge in [-0.15, -0.1) is 0 Å². The van der Waals surface area contributed by atoms with Gasteiger partial charge in [0.2, 0.25) is 0 Å². The highest BCUT2D eigenvalue weighted by molar-refractivity contribution is 6.32. The maximum absolute atomic E-state index is 16.5. The van der Waals surface area contributed by atoms with Crippen LogP contribution in [0.15, 0.2) is 18.3 Å². The molecule has 4 aliphatic rings. The van der Waals surface area contributed by atoms with Crippen molar-refractivity contribution in [3.8, 4) is 34.9 Å². The average Bonchev–Trinajstić information content (AvgIpc) is 3.61. The predicted molar refractivity (Wildman–Crippen MR) is 153 cm³/mol. The number of nitrogens with one attached hydrogen (secondary N) is 1. The standard InChI is InChI=1S/C30H29ClF4N6O2/c31-23-9-19(42)8-21(20(23)4-5-24(33)34)26-25(35)27-22(11-36-26)28(40-13-17-2-3-18(14-40)37-17)39-29(38-27)43-15-30-6-1-7-41(30)12-16(32)10-30/h8-9,11,16-18,24,37,42H,1-3,6-7,10,12-15H2/t16-,17?,18?,30+/m1/s1. The molecule has 0 saturated carbocycles. The summed E-state index contributed by atoms with van der Waals surface area (Å²) in [4.78, 5) is 17.7. The normalized spacial score (nSPS) is 26.7. The molecule has 2 bridgehead atoms. The van der Waals surface area contributed by atoms with Gasteiger partial charge in [-0.3, -0.25) is 9.88 Å². The van der Waals surface area contributed by atoms with Crippen LogP contribution in [-0.2, 0) is 0 Å². The first-order valence-corrected chi connectivity index (χ1v) is 14.8. The summed E-state index contributed by atoms with van der Waals surface area (Å²) < 4.78 is 62.9. The molecule has 226 valence electrons. The Bertz CT molecular complexity index is 1640. The van der Waals surface area contributed by atoms with Crippen LogP contribution >= 0.6 is 11.6 Å². The van der Waals surface area contributed by atoms with E-state index in [-0.39, 0.29) is 57.8 Å². The Balaban J connectivity index is 1.34. The summed E-state index contributed by atoms with van der Waals surface area (Å²) in [5.41, 5.74) is -0.960. The van der Waals surface area contributed by atoms with Crippen LogP contribution in [-0.4, -0.2) is 88.0 Å². The molecule has 4 aliphatic heterocycles. The van der Waals surface area contributed by atoms with Gasteiger partial charge >= 0.3 is 6.01 Å². The predicted octanol–water partition coefficient (Wildman–Crippen LogP) is 4.70. The first-order valence-electron chi connectivity index (χ1n) is 14.4. The van der Waals surface area contributed by atoms with E-state index in [9.17, 15) is 18.3 Å². The quantitative estimate of drug-likeness (QED) is 0.315. The first-order chi connectivity index (χ1) is 20.7. The highest BCUT2D eigenvalue weighted by Crippen LogP contribution is 2.41. The van der Waals surface area contributed by atoms with Crippen molar-refractivity contribution < 1.29 is 27.4 Å². The fourth-order valence-electron chi connectivity index (χ4n) is 7.17. The number of aromatic hydroxyl groups is 1. The van der Waals surface area contributed by atoms with Crippen molar-refractivity contribution in [2.75, 3.05) is 37.7 Å². The monoisotopic (exact) mass is 616 g/mol. The van der Waals surface area contributed by atoms with Crippen LogP contribution in [0.1, 0.15) is 37.7 Å². The lowest BCUT2D eigenvalue weighted by Crippen LogP contribution is -2.51. The summed E-state index contributed by atoms with van der Waals surface area (Å²) in [7, 11) is 0. The number of piperazine rings is 1. The molecule has 13 heteroatoms. The van der Waals surface area contributed by atoms with Gasteiger partial charge in [-0.05, 0) is 50.3 Å². The van der Waals surface area contributed by atoms with Gasteiger partial charge in [-0.2, -0.15) is 18.7 Å². The molecular weight excluding hydrogens is 588 g/mol. The lowest BCUT2D eigenvalue weighted by Gasteiger charge is -2.34. The van der Waals surface area contributed by atoms with Gasteiger partial charge in [0.1, 0.15) is 35.6 Å². The van der Waals surface area contributed by atoms with E-state index in [2.05, 4.69) is 31.0 Å². The number of halogens is 5. The second-order valence-corrected chi connectivity index (χ2v) is 12.2. The number of phenols is 1. The smallest absolute Gasteiger partial charge is 0.319 e. The third kappa shape index (κ3) is 5.21. The lowest BCUT2D eigenvalue weighted by atomic mass is 9.95. The molecule has 2 aromatic heterocycles. The van der Waals surface area contributed by atoms with E-state index in [1.165, 1.54) is 12.3 Å². The molecule has 8 nitrogen and oxygen atoms in total. The van der Waals surface area contributed by atoms with Gasteiger partial charge in [-0.1, -0.05) is 17.5 Å². The zero-order chi connectivity index (χ0) is 29.9. The number of pyridine rings is 1. The van der Waals surface area contributed by atoms with E-state index in [4.69, 9.17) is 21.3 Å². The molecule has 0 amide bonds. The van der Waals surface area contributed by atoms with Crippen LogP contribution in [0.4, 0.5) is 23.4 Å². The summed E-state index contributed by atoms with van der Waals surface area (Å²) in [5, 5.41) is 14.0. The molecule has 6 heterocycles. The Labute approximate surface area is 250 Å². The van der Waals surface area contributed by atoms with E-state index in [0.717, 1.165) is 38.3 Å². The fraction of sp³-hybridized carbons (Fsp3) is 0.500. The highest BCUT2D eigenvalue weighted by atomic mass is 35.5. The van der Waals surface area contributed by atoms with Crippen LogP contribution in [0, 0.1) is 17.7 Å². The van der Waals surface area contributed by atoms with Crippen LogP contribution in [0.3, 0.4) is 0 Å². The maximum Gasteiger partial charge on any atom is 0.319 e. The zero-order valence-electron chi connectivity index (χ0n) is 23.1. The number of ether oxygens (including phenoxy) is 1. The summed E-state index contributed by atoms with van der Waals surface area (Å²) in [5.74, 6) is 3.33. The van der Waals surface area contributed by atoms with Crippen molar-refractivity contribution in [1.82, 2.24) is 25.2 Å². The van der Waals surface area contributed by atoms with Crippen molar-refractivity contribution >= 4 is 28.3 Å². The molecule has 2 N–H and O–H groups in total. The molecule has 4 fully saturated rings. The Hall–Kier alpha value is -3.40. The second kappa shape index (κ2) is 10.9. The highest BCUT2D eigenvalue weighted by Gasteiger charge is 2.49.